The second-order valence-corrected chi connectivity index (χ2v) is 5.05. The van der Waals surface area contributed by atoms with Gasteiger partial charge in [0.15, 0.2) is 6.04 Å². The highest BCUT2D eigenvalue weighted by Gasteiger charge is 2.23. The van der Waals surface area contributed by atoms with Crippen molar-refractivity contribution in [1.29, 1.82) is 0 Å². The van der Waals surface area contributed by atoms with Crippen LogP contribution in [-0.4, -0.2) is 17.0 Å². The Kier molecular flexibility index (Phi) is 4.60. The van der Waals surface area contributed by atoms with Gasteiger partial charge in [0, 0.05) is 0 Å². The van der Waals surface area contributed by atoms with Crippen molar-refractivity contribution in [3.05, 3.63) is 70.2 Å². The average molecular weight is 304 g/mol. The van der Waals surface area contributed by atoms with E-state index in [0.717, 1.165) is 5.56 Å². The number of carbonyl (C=O) groups is 2. The fourth-order valence-corrected chi connectivity index (χ4v) is 2.27. The van der Waals surface area contributed by atoms with Gasteiger partial charge in [-0.05, 0) is 30.2 Å². The number of carboxylic acids is 1. The van der Waals surface area contributed by atoms with Gasteiger partial charge in [0.2, 0.25) is 0 Å². The fraction of sp³-hybridized carbons (Fsp3) is 0.125. The third-order valence-electron chi connectivity index (χ3n) is 3.02. The molecule has 2 aromatic carbocycles. The summed E-state index contributed by atoms with van der Waals surface area (Å²) in [4.78, 5) is 23.6. The van der Waals surface area contributed by atoms with E-state index in [9.17, 15) is 14.7 Å². The van der Waals surface area contributed by atoms with Crippen molar-refractivity contribution < 1.29 is 14.7 Å². The maximum absolute atomic E-state index is 12.2. The van der Waals surface area contributed by atoms with Gasteiger partial charge in [0.1, 0.15) is 0 Å². The van der Waals surface area contributed by atoms with E-state index in [0.29, 0.717) is 10.6 Å². The van der Waals surface area contributed by atoms with E-state index in [1.54, 1.807) is 48.5 Å². The lowest BCUT2D eigenvalue weighted by Crippen LogP contribution is -2.33. The molecule has 4 nitrogen and oxygen atoms in total. The lowest BCUT2D eigenvalue weighted by Gasteiger charge is -2.15. The summed E-state index contributed by atoms with van der Waals surface area (Å²) >= 11 is 6.03. The first-order chi connectivity index (χ1) is 9.99. The summed E-state index contributed by atoms with van der Waals surface area (Å²) in [6.07, 6.45) is 0. The number of carbonyl (C=O) groups excluding carboxylic acids is 1. The van der Waals surface area contributed by atoms with E-state index in [4.69, 9.17) is 11.6 Å². The molecule has 0 aliphatic carbocycles. The number of aliphatic carboxylic acids is 1. The Hall–Kier alpha value is -2.33. The molecule has 1 unspecified atom stereocenters. The molecule has 0 aliphatic rings. The Balaban J connectivity index is 2.25. The summed E-state index contributed by atoms with van der Waals surface area (Å²) in [6, 6.07) is 12.4. The first-order valence-corrected chi connectivity index (χ1v) is 6.71. The van der Waals surface area contributed by atoms with Gasteiger partial charge in [-0.3, -0.25) is 4.79 Å². The summed E-state index contributed by atoms with van der Waals surface area (Å²) in [5.74, 6) is -1.64. The third kappa shape index (κ3) is 3.61. The van der Waals surface area contributed by atoms with Crippen LogP contribution in [0.2, 0.25) is 5.02 Å². The van der Waals surface area contributed by atoms with E-state index < -0.39 is 17.9 Å². The number of aryl methyl sites for hydroxylation is 1. The minimum Gasteiger partial charge on any atom is -0.479 e. The molecule has 0 heterocycles. The molecule has 0 radical (unpaired) electrons. The van der Waals surface area contributed by atoms with Crippen molar-refractivity contribution in [2.24, 2.45) is 0 Å². The molecule has 0 aliphatic heterocycles. The number of carboxylic acid groups (broad SMARTS) is 1. The highest BCUT2D eigenvalue weighted by molar-refractivity contribution is 6.34. The standard InChI is InChI=1S/C16H14ClNO3/c1-10-7-8-12(13(17)9-10)15(19)18-14(16(20)21)11-5-3-2-4-6-11/h2-9,14H,1H3,(H,18,19)(H,20,21). The summed E-state index contributed by atoms with van der Waals surface area (Å²) in [7, 11) is 0. The Morgan fingerprint density at radius 1 is 1.14 bits per heavy atom. The summed E-state index contributed by atoms with van der Waals surface area (Å²) in [5, 5.41) is 12.1. The number of nitrogens with one attached hydrogen (secondary N) is 1. The van der Waals surface area contributed by atoms with Crippen LogP contribution in [0.15, 0.2) is 48.5 Å². The molecule has 5 heteroatoms. The zero-order valence-electron chi connectivity index (χ0n) is 11.3. The van der Waals surface area contributed by atoms with E-state index in [1.165, 1.54) is 0 Å². The average Bonchev–Trinajstić information content (AvgIpc) is 2.45. The first kappa shape index (κ1) is 15.1. The van der Waals surface area contributed by atoms with Crippen LogP contribution in [0.4, 0.5) is 0 Å². The second-order valence-electron chi connectivity index (χ2n) is 4.64. The molecule has 2 N–H and O–H groups in total. The quantitative estimate of drug-likeness (QED) is 0.911. The normalized spacial score (nSPS) is 11.7. The minimum atomic E-state index is -1.13. The molecule has 0 aromatic heterocycles. The van der Waals surface area contributed by atoms with Crippen LogP contribution in [0.5, 0.6) is 0 Å². The zero-order valence-corrected chi connectivity index (χ0v) is 12.1. The highest BCUT2D eigenvalue weighted by atomic mass is 35.5. The molecule has 0 fully saturated rings. The monoisotopic (exact) mass is 303 g/mol. The molecule has 0 spiro atoms. The van der Waals surface area contributed by atoms with Crippen LogP contribution in [0.1, 0.15) is 27.5 Å². The minimum absolute atomic E-state index is 0.254. The number of benzene rings is 2. The van der Waals surface area contributed by atoms with Crippen molar-refractivity contribution in [2.45, 2.75) is 13.0 Å². The van der Waals surface area contributed by atoms with Crippen LogP contribution >= 0.6 is 11.6 Å². The maximum atomic E-state index is 12.2. The molecule has 21 heavy (non-hydrogen) atoms. The van der Waals surface area contributed by atoms with Crippen molar-refractivity contribution in [3.8, 4) is 0 Å². The first-order valence-electron chi connectivity index (χ1n) is 6.34. The van der Waals surface area contributed by atoms with Gasteiger partial charge in [0.05, 0.1) is 10.6 Å². The number of halogens is 1. The van der Waals surface area contributed by atoms with Gasteiger partial charge in [-0.25, -0.2) is 4.79 Å². The van der Waals surface area contributed by atoms with Crippen LogP contribution in [0.3, 0.4) is 0 Å². The number of hydrogen-bond donors (Lipinski definition) is 2. The van der Waals surface area contributed by atoms with Crippen molar-refractivity contribution >= 4 is 23.5 Å². The Morgan fingerprint density at radius 2 is 1.81 bits per heavy atom. The smallest absolute Gasteiger partial charge is 0.330 e. The lowest BCUT2D eigenvalue weighted by molar-refractivity contribution is -0.139. The third-order valence-corrected chi connectivity index (χ3v) is 3.34. The largest absolute Gasteiger partial charge is 0.479 e. The van der Waals surface area contributed by atoms with Gasteiger partial charge < -0.3 is 10.4 Å². The Labute approximate surface area is 127 Å². The second kappa shape index (κ2) is 6.41. The molecule has 108 valence electrons. The summed E-state index contributed by atoms with van der Waals surface area (Å²) in [6.45, 7) is 1.86. The summed E-state index contributed by atoms with van der Waals surface area (Å²) in [5.41, 5.74) is 1.68. The molecule has 2 rings (SSSR count). The van der Waals surface area contributed by atoms with Gasteiger partial charge in [-0.2, -0.15) is 0 Å². The van der Waals surface area contributed by atoms with Crippen LogP contribution in [-0.2, 0) is 4.79 Å². The number of hydrogen-bond acceptors (Lipinski definition) is 2. The maximum Gasteiger partial charge on any atom is 0.330 e. The molecule has 2 aromatic rings. The summed E-state index contributed by atoms with van der Waals surface area (Å²) < 4.78 is 0. The van der Waals surface area contributed by atoms with Crippen LogP contribution in [0.25, 0.3) is 0 Å². The van der Waals surface area contributed by atoms with E-state index in [1.807, 2.05) is 6.92 Å². The molecule has 1 amide bonds. The zero-order chi connectivity index (χ0) is 15.4. The lowest BCUT2D eigenvalue weighted by atomic mass is 10.1. The van der Waals surface area contributed by atoms with Gasteiger partial charge in [-0.15, -0.1) is 0 Å². The fourth-order valence-electron chi connectivity index (χ4n) is 1.95. The van der Waals surface area contributed by atoms with E-state index >= 15 is 0 Å². The molecule has 1 atom stereocenters. The predicted molar refractivity (Wildman–Crippen MR) is 80.5 cm³/mol. The van der Waals surface area contributed by atoms with E-state index in [2.05, 4.69) is 5.32 Å². The van der Waals surface area contributed by atoms with Gasteiger partial charge >= 0.3 is 5.97 Å². The predicted octanol–water partition coefficient (Wildman–Crippen LogP) is 3.20. The highest BCUT2D eigenvalue weighted by Crippen LogP contribution is 2.19. The molecule has 0 saturated heterocycles. The van der Waals surface area contributed by atoms with Gasteiger partial charge in [0.25, 0.3) is 5.91 Å². The molecular weight excluding hydrogens is 290 g/mol. The van der Waals surface area contributed by atoms with Crippen LogP contribution in [0, 0.1) is 6.92 Å². The molecular formula is C16H14ClNO3. The van der Waals surface area contributed by atoms with E-state index in [-0.39, 0.29) is 5.56 Å². The Bertz CT molecular complexity index is 670. The SMILES string of the molecule is Cc1ccc(C(=O)NC(C(=O)O)c2ccccc2)c(Cl)c1. The topological polar surface area (TPSA) is 66.4 Å². The molecule has 0 bridgehead atoms. The van der Waals surface area contributed by atoms with Crippen molar-refractivity contribution in [1.82, 2.24) is 5.32 Å². The van der Waals surface area contributed by atoms with Crippen LogP contribution < -0.4 is 5.32 Å². The van der Waals surface area contributed by atoms with Gasteiger partial charge in [-0.1, -0.05) is 48.0 Å². The van der Waals surface area contributed by atoms with Crippen molar-refractivity contribution in [3.63, 3.8) is 0 Å². The number of amides is 1. The Morgan fingerprint density at radius 3 is 2.38 bits per heavy atom. The number of rotatable bonds is 4. The van der Waals surface area contributed by atoms with Crippen molar-refractivity contribution in [2.75, 3.05) is 0 Å². The molecule has 0 saturated carbocycles.